The highest BCUT2D eigenvalue weighted by Gasteiger charge is 2.38. The Hall–Kier alpha value is -0.120. The Morgan fingerprint density at radius 2 is 1.92 bits per heavy atom. The highest BCUT2D eigenvalue weighted by atomic mass is 16.5. The zero-order valence-corrected chi connectivity index (χ0v) is 8.41. The van der Waals surface area contributed by atoms with Crippen molar-refractivity contribution < 1.29 is 4.74 Å². The number of hydrogen-bond donors (Lipinski definition) is 1. The first-order valence-electron chi connectivity index (χ1n) is 5.31. The largest absolute Gasteiger partial charge is 0.383 e. The fourth-order valence-electron chi connectivity index (χ4n) is 2.88. The molecule has 2 N–H and O–H groups in total. The molecule has 2 fully saturated rings. The van der Waals surface area contributed by atoms with Crippen molar-refractivity contribution in [3.63, 3.8) is 0 Å². The van der Waals surface area contributed by atoms with Crippen molar-refractivity contribution in [1.29, 1.82) is 0 Å². The lowest BCUT2D eigenvalue weighted by atomic mass is 9.98. The van der Waals surface area contributed by atoms with Gasteiger partial charge in [0.25, 0.3) is 0 Å². The van der Waals surface area contributed by atoms with Crippen molar-refractivity contribution in [2.75, 3.05) is 20.3 Å². The molecule has 3 heteroatoms. The van der Waals surface area contributed by atoms with Crippen LogP contribution in [0, 0.1) is 0 Å². The number of nitrogens with zero attached hydrogens (tertiary/aromatic N) is 1. The summed E-state index contributed by atoms with van der Waals surface area (Å²) in [4.78, 5) is 2.60. The molecule has 0 aromatic heterocycles. The topological polar surface area (TPSA) is 38.5 Å². The summed E-state index contributed by atoms with van der Waals surface area (Å²) in [5.74, 6) is 0. The molecule has 13 heavy (non-hydrogen) atoms. The third-order valence-corrected chi connectivity index (χ3v) is 3.47. The molecule has 0 aliphatic carbocycles. The summed E-state index contributed by atoms with van der Waals surface area (Å²) in [6, 6.07) is 1.96. The van der Waals surface area contributed by atoms with Gasteiger partial charge in [0.15, 0.2) is 0 Å². The summed E-state index contributed by atoms with van der Waals surface area (Å²) in [5.41, 5.74) is 5.99. The summed E-state index contributed by atoms with van der Waals surface area (Å²) in [5, 5.41) is 0. The van der Waals surface area contributed by atoms with E-state index in [1.165, 1.54) is 25.7 Å². The minimum absolute atomic E-state index is 0.455. The van der Waals surface area contributed by atoms with E-state index in [2.05, 4.69) is 4.90 Å². The number of hydrogen-bond acceptors (Lipinski definition) is 3. The van der Waals surface area contributed by atoms with E-state index in [4.69, 9.17) is 10.5 Å². The Kier molecular flexibility index (Phi) is 2.86. The van der Waals surface area contributed by atoms with E-state index < -0.39 is 0 Å². The van der Waals surface area contributed by atoms with Crippen LogP contribution < -0.4 is 5.73 Å². The molecule has 0 amide bonds. The van der Waals surface area contributed by atoms with E-state index in [0.29, 0.717) is 6.04 Å². The summed E-state index contributed by atoms with van der Waals surface area (Å²) in [6.45, 7) is 1.96. The van der Waals surface area contributed by atoms with Crippen LogP contribution in [0.3, 0.4) is 0 Å². The lowest BCUT2D eigenvalue weighted by molar-refractivity contribution is 0.0839. The van der Waals surface area contributed by atoms with Crippen LogP contribution >= 0.6 is 0 Å². The minimum Gasteiger partial charge on any atom is -0.383 e. The van der Waals surface area contributed by atoms with Gasteiger partial charge in [0.05, 0.1) is 6.61 Å². The molecule has 76 valence electrons. The molecule has 0 aromatic rings. The molecule has 0 radical (unpaired) electrons. The highest BCUT2D eigenvalue weighted by molar-refractivity contribution is 4.96. The SMILES string of the molecule is COCCN1[C@@H]2CC[C@H]1C[C@@H](N)C2. The quantitative estimate of drug-likeness (QED) is 0.697. The standard InChI is InChI=1S/C10H20N2O/c1-13-5-4-12-9-2-3-10(12)7-8(11)6-9/h8-10H,2-7,11H2,1H3/t8-,9+,10-. The van der Waals surface area contributed by atoms with Crippen molar-refractivity contribution in [2.24, 2.45) is 5.73 Å². The highest BCUT2D eigenvalue weighted by Crippen LogP contribution is 2.34. The average Bonchev–Trinajstić information content (AvgIpc) is 2.33. The van der Waals surface area contributed by atoms with Crippen LogP contribution in [0.1, 0.15) is 25.7 Å². The summed E-state index contributed by atoms with van der Waals surface area (Å²) in [7, 11) is 1.78. The maximum Gasteiger partial charge on any atom is 0.0589 e. The molecule has 2 bridgehead atoms. The van der Waals surface area contributed by atoms with Crippen LogP contribution in [0.2, 0.25) is 0 Å². The van der Waals surface area contributed by atoms with Crippen LogP contribution in [-0.2, 0) is 4.74 Å². The second kappa shape index (κ2) is 3.95. The maximum atomic E-state index is 5.99. The Morgan fingerprint density at radius 3 is 2.46 bits per heavy atom. The van der Waals surface area contributed by atoms with Crippen molar-refractivity contribution >= 4 is 0 Å². The van der Waals surface area contributed by atoms with Gasteiger partial charge in [0.2, 0.25) is 0 Å². The van der Waals surface area contributed by atoms with E-state index in [1.807, 2.05) is 0 Å². The molecule has 0 saturated carbocycles. The van der Waals surface area contributed by atoms with Gasteiger partial charge < -0.3 is 10.5 Å². The summed E-state index contributed by atoms with van der Waals surface area (Å²) in [6.07, 6.45) is 5.09. The molecular formula is C10H20N2O. The predicted octanol–water partition coefficient (Wildman–Crippen LogP) is 0.587. The molecular weight excluding hydrogens is 164 g/mol. The third kappa shape index (κ3) is 1.87. The monoisotopic (exact) mass is 184 g/mol. The molecule has 2 heterocycles. The molecule has 3 nitrogen and oxygen atoms in total. The van der Waals surface area contributed by atoms with Gasteiger partial charge in [0, 0.05) is 31.8 Å². The predicted molar refractivity (Wildman–Crippen MR) is 52.6 cm³/mol. The fourth-order valence-corrected chi connectivity index (χ4v) is 2.88. The van der Waals surface area contributed by atoms with Crippen LogP contribution in [-0.4, -0.2) is 43.3 Å². The number of rotatable bonds is 3. The van der Waals surface area contributed by atoms with Gasteiger partial charge in [-0.3, -0.25) is 4.90 Å². The average molecular weight is 184 g/mol. The Balaban J connectivity index is 1.90. The van der Waals surface area contributed by atoms with Gasteiger partial charge in [-0.05, 0) is 25.7 Å². The van der Waals surface area contributed by atoms with E-state index in [9.17, 15) is 0 Å². The number of nitrogens with two attached hydrogens (primary N) is 1. The fraction of sp³-hybridized carbons (Fsp3) is 1.00. The Morgan fingerprint density at radius 1 is 1.31 bits per heavy atom. The Labute approximate surface area is 80.2 Å². The van der Waals surface area contributed by atoms with E-state index in [0.717, 1.165) is 25.2 Å². The normalized spacial score (nSPS) is 39.7. The first-order chi connectivity index (χ1) is 6.31. The van der Waals surface area contributed by atoms with Crippen LogP contribution in [0.25, 0.3) is 0 Å². The van der Waals surface area contributed by atoms with Gasteiger partial charge in [-0.2, -0.15) is 0 Å². The molecule has 2 rings (SSSR count). The molecule has 2 aliphatic heterocycles. The van der Waals surface area contributed by atoms with E-state index >= 15 is 0 Å². The molecule has 2 aliphatic rings. The number of ether oxygens (including phenoxy) is 1. The lowest BCUT2D eigenvalue weighted by Gasteiger charge is -2.37. The maximum absolute atomic E-state index is 5.99. The molecule has 0 spiro atoms. The smallest absolute Gasteiger partial charge is 0.0589 e. The minimum atomic E-state index is 0.455. The van der Waals surface area contributed by atoms with Crippen molar-refractivity contribution in [3.8, 4) is 0 Å². The second-order valence-corrected chi connectivity index (χ2v) is 4.35. The zero-order chi connectivity index (χ0) is 9.26. The van der Waals surface area contributed by atoms with Gasteiger partial charge in [-0.1, -0.05) is 0 Å². The lowest BCUT2D eigenvalue weighted by Crippen LogP contribution is -2.48. The van der Waals surface area contributed by atoms with Crippen molar-refractivity contribution in [2.45, 2.75) is 43.8 Å². The zero-order valence-electron chi connectivity index (χ0n) is 8.41. The molecule has 0 unspecified atom stereocenters. The number of piperidine rings is 1. The summed E-state index contributed by atoms with van der Waals surface area (Å²) >= 11 is 0. The van der Waals surface area contributed by atoms with Crippen LogP contribution in [0.4, 0.5) is 0 Å². The van der Waals surface area contributed by atoms with Crippen molar-refractivity contribution in [1.82, 2.24) is 4.90 Å². The van der Waals surface area contributed by atoms with Gasteiger partial charge in [-0.25, -0.2) is 0 Å². The number of methoxy groups -OCH3 is 1. The van der Waals surface area contributed by atoms with E-state index in [1.54, 1.807) is 7.11 Å². The second-order valence-electron chi connectivity index (χ2n) is 4.35. The van der Waals surface area contributed by atoms with Gasteiger partial charge in [0.1, 0.15) is 0 Å². The third-order valence-electron chi connectivity index (χ3n) is 3.47. The van der Waals surface area contributed by atoms with Crippen molar-refractivity contribution in [3.05, 3.63) is 0 Å². The van der Waals surface area contributed by atoms with Gasteiger partial charge >= 0.3 is 0 Å². The van der Waals surface area contributed by atoms with Crippen LogP contribution in [0.15, 0.2) is 0 Å². The summed E-state index contributed by atoms with van der Waals surface area (Å²) < 4.78 is 5.12. The number of fused-ring (bicyclic) bond motifs is 2. The van der Waals surface area contributed by atoms with E-state index in [-0.39, 0.29) is 0 Å². The molecule has 3 atom stereocenters. The first-order valence-corrected chi connectivity index (χ1v) is 5.31. The molecule has 2 saturated heterocycles. The molecule has 0 aromatic carbocycles. The van der Waals surface area contributed by atoms with Crippen LogP contribution in [0.5, 0.6) is 0 Å². The Bertz CT molecular complexity index is 160. The first kappa shape index (κ1) is 9.44. The van der Waals surface area contributed by atoms with Gasteiger partial charge in [-0.15, -0.1) is 0 Å².